The molecular weight excluding hydrogens is 240 g/mol. The number of anilines is 2. The largest absolute Gasteiger partial charge is 0.393 e. The van der Waals surface area contributed by atoms with Crippen LogP contribution in [-0.4, -0.2) is 36.3 Å². The first-order chi connectivity index (χ1) is 8.52. The fourth-order valence-electron chi connectivity index (χ4n) is 2.23. The number of hydrogen-bond donors (Lipinski definition) is 2. The number of nitrogens with one attached hydrogen (secondary N) is 1. The van der Waals surface area contributed by atoms with Gasteiger partial charge in [-0.25, -0.2) is 13.8 Å². The van der Waals surface area contributed by atoms with Crippen LogP contribution in [0.25, 0.3) is 0 Å². The van der Waals surface area contributed by atoms with Crippen LogP contribution in [0, 0.1) is 17.6 Å². The highest BCUT2D eigenvalue weighted by Gasteiger charge is 2.29. The molecule has 2 N–H and O–H groups in total. The summed E-state index contributed by atoms with van der Waals surface area (Å²) in [6.45, 7) is 2.88. The summed E-state index contributed by atoms with van der Waals surface area (Å²) in [5.41, 5.74) is 0. The predicted molar refractivity (Wildman–Crippen MR) is 65.7 cm³/mol. The lowest BCUT2D eigenvalue weighted by Gasteiger charge is -2.20. The number of aliphatic hydroxyl groups excluding tert-OH is 1. The van der Waals surface area contributed by atoms with Crippen molar-refractivity contribution in [1.29, 1.82) is 0 Å². The van der Waals surface area contributed by atoms with Gasteiger partial charge in [-0.1, -0.05) is 0 Å². The van der Waals surface area contributed by atoms with Gasteiger partial charge in [0, 0.05) is 32.1 Å². The van der Waals surface area contributed by atoms with E-state index in [-0.39, 0.29) is 17.6 Å². The van der Waals surface area contributed by atoms with E-state index in [1.807, 2.05) is 0 Å². The summed E-state index contributed by atoms with van der Waals surface area (Å²) >= 11 is 0. The van der Waals surface area contributed by atoms with Crippen LogP contribution in [-0.2, 0) is 0 Å². The summed E-state index contributed by atoms with van der Waals surface area (Å²) in [6, 6.07) is 0.837. The molecule has 2 unspecified atom stereocenters. The number of aromatic nitrogens is 1. The maximum atomic E-state index is 13.7. The molecule has 6 heteroatoms. The Hall–Kier alpha value is -1.43. The molecule has 1 aliphatic heterocycles. The lowest BCUT2D eigenvalue weighted by atomic mass is 10.0. The van der Waals surface area contributed by atoms with E-state index in [1.165, 1.54) is 7.05 Å². The topological polar surface area (TPSA) is 48.4 Å². The van der Waals surface area contributed by atoms with Gasteiger partial charge in [-0.05, 0) is 13.3 Å². The van der Waals surface area contributed by atoms with E-state index in [0.717, 1.165) is 12.5 Å². The summed E-state index contributed by atoms with van der Waals surface area (Å²) in [5.74, 6) is -1.09. The molecule has 18 heavy (non-hydrogen) atoms. The molecule has 1 aromatic heterocycles. The smallest absolute Gasteiger partial charge is 0.168 e. The van der Waals surface area contributed by atoms with Crippen molar-refractivity contribution in [2.24, 2.45) is 5.92 Å². The molecule has 0 spiro atoms. The molecule has 2 rings (SSSR count). The van der Waals surface area contributed by atoms with Gasteiger partial charge in [0.05, 0.1) is 6.10 Å². The SMILES string of the molecule is CNc1nc(N2CCC(C(C)O)C2)c(F)cc1F. The number of nitrogens with zero attached hydrogens (tertiary/aromatic N) is 2. The first-order valence-electron chi connectivity index (χ1n) is 5.99. The van der Waals surface area contributed by atoms with E-state index in [2.05, 4.69) is 10.3 Å². The molecule has 0 bridgehead atoms. The second-order valence-corrected chi connectivity index (χ2v) is 4.61. The third-order valence-electron chi connectivity index (χ3n) is 3.35. The molecular formula is C12H17F2N3O. The Balaban J connectivity index is 2.24. The van der Waals surface area contributed by atoms with Gasteiger partial charge in [0.1, 0.15) is 0 Å². The molecule has 0 radical (unpaired) electrons. The Morgan fingerprint density at radius 2 is 2.22 bits per heavy atom. The molecule has 0 aliphatic carbocycles. The first-order valence-corrected chi connectivity index (χ1v) is 5.99. The van der Waals surface area contributed by atoms with Crippen molar-refractivity contribution in [2.75, 3.05) is 30.4 Å². The van der Waals surface area contributed by atoms with Gasteiger partial charge < -0.3 is 15.3 Å². The Kier molecular flexibility index (Phi) is 3.65. The van der Waals surface area contributed by atoms with Gasteiger partial charge in [-0.3, -0.25) is 0 Å². The molecule has 1 fully saturated rings. The molecule has 0 aromatic carbocycles. The number of aliphatic hydroxyl groups is 1. The minimum atomic E-state index is -0.704. The summed E-state index contributed by atoms with van der Waals surface area (Å²) < 4.78 is 27.0. The van der Waals surface area contributed by atoms with Crippen LogP contribution in [0.3, 0.4) is 0 Å². The third kappa shape index (κ3) is 2.38. The van der Waals surface area contributed by atoms with Gasteiger partial charge in [0.15, 0.2) is 23.3 Å². The molecule has 1 aromatic rings. The molecule has 0 amide bonds. The minimum Gasteiger partial charge on any atom is -0.393 e. The van der Waals surface area contributed by atoms with Crippen molar-refractivity contribution in [3.63, 3.8) is 0 Å². The standard InChI is InChI=1S/C12H17F2N3O/c1-7(18)8-3-4-17(6-8)12-10(14)5-9(13)11(15-2)16-12/h5,7-8,18H,3-4,6H2,1-2H3,(H,15,16). The average Bonchev–Trinajstić information content (AvgIpc) is 2.78. The van der Waals surface area contributed by atoms with Gasteiger partial charge >= 0.3 is 0 Å². The average molecular weight is 257 g/mol. The Morgan fingerprint density at radius 1 is 1.50 bits per heavy atom. The zero-order valence-corrected chi connectivity index (χ0v) is 10.5. The Bertz CT molecular complexity index is 440. The lowest BCUT2D eigenvalue weighted by molar-refractivity contribution is 0.136. The van der Waals surface area contributed by atoms with Crippen molar-refractivity contribution < 1.29 is 13.9 Å². The molecule has 2 atom stereocenters. The molecule has 1 aliphatic rings. The summed E-state index contributed by atoms with van der Waals surface area (Å²) in [7, 11) is 1.54. The zero-order valence-electron chi connectivity index (χ0n) is 10.5. The highest BCUT2D eigenvalue weighted by atomic mass is 19.1. The summed E-state index contributed by atoms with van der Waals surface area (Å²) in [6.07, 6.45) is 0.354. The normalized spacial score (nSPS) is 21.2. The van der Waals surface area contributed by atoms with E-state index in [9.17, 15) is 13.9 Å². The van der Waals surface area contributed by atoms with Crippen LogP contribution in [0.15, 0.2) is 6.07 Å². The van der Waals surface area contributed by atoms with Crippen LogP contribution in [0.2, 0.25) is 0 Å². The van der Waals surface area contributed by atoms with Crippen LogP contribution in [0.5, 0.6) is 0 Å². The maximum Gasteiger partial charge on any atom is 0.168 e. The van der Waals surface area contributed by atoms with Gasteiger partial charge in [-0.15, -0.1) is 0 Å². The van der Waals surface area contributed by atoms with Crippen molar-refractivity contribution in [3.05, 3.63) is 17.7 Å². The number of pyridine rings is 1. The Morgan fingerprint density at radius 3 is 2.78 bits per heavy atom. The molecule has 4 nitrogen and oxygen atoms in total. The van der Waals surface area contributed by atoms with Crippen LogP contribution < -0.4 is 10.2 Å². The van der Waals surface area contributed by atoms with Crippen molar-refractivity contribution >= 4 is 11.6 Å². The zero-order chi connectivity index (χ0) is 13.3. The lowest BCUT2D eigenvalue weighted by Crippen LogP contribution is -2.25. The Labute approximate surface area is 105 Å². The van der Waals surface area contributed by atoms with E-state index >= 15 is 0 Å². The van der Waals surface area contributed by atoms with Crippen molar-refractivity contribution in [1.82, 2.24) is 4.98 Å². The van der Waals surface area contributed by atoms with Crippen molar-refractivity contribution in [2.45, 2.75) is 19.4 Å². The van der Waals surface area contributed by atoms with Gasteiger partial charge in [0.25, 0.3) is 0 Å². The van der Waals surface area contributed by atoms with Crippen LogP contribution >= 0.6 is 0 Å². The molecule has 100 valence electrons. The fraction of sp³-hybridized carbons (Fsp3) is 0.583. The highest BCUT2D eigenvalue weighted by molar-refractivity contribution is 5.49. The van der Waals surface area contributed by atoms with E-state index in [0.29, 0.717) is 13.1 Å². The third-order valence-corrected chi connectivity index (χ3v) is 3.35. The second kappa shape index (κ2) is 5.06. The van der Waals surface area contributed by atoms with Gasteiger partial charge in [0.2, 0.25) is 0 Å². The van der Waals surface area contributed by atoms with E-state index < -0.39 is 17.7 Å². The van der Waals surface area contributed by atoms with Crippen LogP contribution in [0.1, 0.15) is 13.3 Å². The number of halogens is 2. The first kappa shape index (κ1) is 13.0. The quantitative estimate of drug-likeness (QED) is 0.863. The van der Waals surface area contributed by atoms with Crippen LogP contribution in [0.4, 0.5) is 20.4 Å². The highest BCUT2D eigenvalue weighted by Crippen LogP contribution is 2.28. The second-order valence-electron chi connectivity index (χ2n) is 4.61. The molecule has 0 saturated carbocycles. The van der Waals surface area contributed by atoms with E-state index in [1.54, 1.807) is 11.8 Å². The van der Waals surface area contributed by atoms with Gasteiger partial charge in [-0.2, -0.15) is 0 Å². The maximum absolute atomic E-state index is 13.7. The minimum absolute atomic E-state index is 0.0342. The number of hydrogen-bond acceptors (Lipinski definition) is 4. The fourth-order valence-corrected chi connectivity index (χ4v) is 2.23. The molecule has 2 heterocycles. The predicted octanol–water partition coefficient (Wildman–Crippen LogP) is 1.61. The summed E-state index contributed by atoms with van der Waals surface area (Å²) in [4.78, 5) is 5.69. The monoisotopic (exact) mass is 257 g/mol. The summed E-state index contributed by atoms with van der Waals surface area (Å²) in [5, 5.41) is 12.1. The van der Waals surface area contributed by atoms with Crippen molar-refractivity contribution in [3.8, 4) is 0 Å². The number of rotatable bonds is 3. The van der Waals surface area contributed by atoms with E-state index in [4.69, 9.17) is 0 Å². The molecule has 1 saturated heterocycles.